The van der Waals surface area contributed by atoms with E-state index in [0.29, 0.717) is 13.1 Å². The Bertz CT molecular complexity index is 551. The molecule has 1 aromatic rings. The number of carbonyl (C=O) groups excluding carboxylic acids is 2. The maximum atomic E-state index is 11.9. The number of amides is 3. The highest BCUT2D eigenvalue weighted by Crippen LogP contribution is 2.23. The summed E-state index contributed by atoms with van der Waals surface area (Å²) >= 11 is 0. The maximum Gasteiger partial charge on any atom is 0.315 e. The molecule has 6 nitrogen and oxygen atoms in total. The SMILES string of the molecule is CC(=O)N(CCNC(=O)NC(C)C)c1ccc(N2CCCC2)cc1. The largest absolute Gasteiger partial charge is 0.372 e. The van der Waals surface area contributed by atoms with Gasteiger partial charge in [0.15, 0.2) is 0 Å². The molecule has 0 saturated carbocycles. The molecule has 0 atom stereocenters. The highest BCUT2D eigenvalue weighted by Gasteiger charge is 2.15. The average Bonchev–Trinajstić information content (AvgIpc) is 3.05. The normalized spacial score (nSPS) is 13.9. The van der Waals surface area contributed by atoms with Crippen molar-refractivity contribution < 1.29 is 9.59 Å². The Kier molecular flexibility index (Phi) is 6.46. The van der Waals surface area contributed by atoms with E-state index >= 15 is 0 Å². The van der Waals surface area contributed by atoms with Crippen molar-refractivity contribution in [1.82, 2.24) is 10.6 Å². The van der Waals surface area contributed by atoms with Crippen LogP contribution in [0.25, 0.3) is 0 Å². The lowest BCUT2D eigenvalue weighted by Crippen LogP contribution is -2.43. The fourth-order valence-electron chi connectivity index (χ4n) is 2.88. The molecule has 1 aliphatic heterocycles. The fraction of sp³-hybridized carbons (Fsp3) is 0.556. The summed E-state index contributed by atoms with van der Waals surface area (Å²) < 4.78 is 0. The molecule has 132 valence electrons. The quantitative estimate of drug-likeness (QED) is 0.840. The lowest BCUT2D eigenvalue weighted by atomic mass is 10.2. The number of urea groups is 1. The molecule has 0 radical (unpaired) electrons. The minimum atomic E-state index is -0.210. The zero-order valence-electron chi connectivity index (χ0n) is 14.8. The molecule has 1 aromatic carbocycles. The van der Waals surface area contributed by atoms with Crippen molar-refractivity contribution in [1.29, 1.82) is 0 Å². The second-order valence-corrected chi connectivity index (χ2v) is 6.44. The van der Waals surface area contributed by atoms with Crippen LogP contribution in [0.4, 0.5) is 16.2 Å². The maximum absolute atomic E-state index is 11.9. The summed E-state index contributed by atoms with van der Waals surface area (Å²) in [7, 11) is 0. The molecule has 0 bridgehead atoms. The third-order valence-corrected chi connectivity index (χ3v) is 4.05. The molecule has 2 N–H and O–H groups in total. The Hall–Kier alpha value is -2.24. The van der Waals surface area contributed by atoms with Gasteiger partial charge in [0.2, 0.25) is 5.91 Å². The van der Waals surface area contributed by atoms with Crippen LogP contribution < -0.4 is 20.4 Å². The molecule has 1 aliphatic rings. The summed E-state index contributed by atoms with van der Waals surface area (Å²) in [6.07, 6.45) is 2.48. The van der Waals surface area contributed by atoms with Crippen LogP contribution in [-0.2, 0) is 4.79 Å². The first-order valence-corrected chi connectivity index (χ1v) is 8.65. The lowest BCUT2D eigenvalue weighted by Gasteiger charge is -2.23. The van der Waals surface area contributed by atoms with Crippen LogP contribution in [0.5, 0.6) is 0 Å². The van der Waals surface area contributed by atoms with Gasteiger partial charge in [0.05, 0.1) is 0 Å². The first kappa shape index (κ1) is 18.1. The summed E-state index contributed by atoms with van der Waals surface area (Å²) in [5, 5.41) is 5.54. The van der Waals surface area contributed by atoms with E-state index in [1.807, 2.05) is 26.0 Å². The van der Waals surface area contributed by atoms with Crippen LogP contribution in [0.1, 0.15) is 33.6 Å². The summed E-state index contributed by atoms with van der Waals surface area (Å²) in [6.45, 7) is 8.42. The summed E-state index contributed by atoms with van der Waals surface area (Å²) in [5.41, 5.74) is 2.06. The standard InChI is InChI=1S/C18H28N4O2/c1-14(2)20-18(24)19-10-13-22(15(3)23)17-8-6-16(7-9-17)21-11-4-5-12-21/h6-9,14H,4-5,10-13H2,1-3H3,(H2,19,20,24). The molecule has 1 heterocycles. The van der Waals surface area contributed by atoms with E-state index in [9.17, 15) is 9.59 Å². The van der Waals surface area contributed by atoms with Crippen molar-refractivity contribution in [3.8, 4) is 0 Å². The number of carbonyl (C=O) groups is 2. The van der Waals surface area contributed by atoms with Gasteiger partial charge in [-0.05, 0) is 51.0 Å². The van der Waals surface area contributed by atoms with E-state index in [1.54, 1.807) is 11.8 Å². The first-order chi connectivity index (χ1) is 11.5. The van der Waals surface area contributed by atoms with Crippen molar-refractivity contribution in [2.75, 3.05) is 36.0 Å². The van der Waals surface area contributed by atoms with Crippen molar-refractivity contribution in [2.45, 2.75) is 39.7 Å². The lowest BCUT2D eigenvalue weighted by molar-refractivity contribution is -0.116. The molecule has 1 saturated heterocycles. The molecule has 6 heteroatoms. The van der Waals surface area contributed by atoms with E-state index in [-0.39, 0.29) is 18.0 Å². The topological polar surface area (TPSA) is 64.7 Å². The Morgan fingerprint density at radius 1 is 1.17 bits per heavy atom. The molecular weight excluding hydrogens is 304 g/mol. The van der Waals surface area contributed by atoms with Gasteiger partial charge in [-0.15, -0.1) is 0 Å². The Balaban J connectivity index is 1.92. The average molecular weight is 332 g/mol. The molecule has 0 unspecified atom stereocenters. The molecule has 0 aromatic heterocycles. The molecule has 3 amide bonds. The summed E-state index contributed by atoms with van der Waals surface area (Å²) in [6, 6.07) is 7.96. The van der Waals surface area contributed by atoms with Crippen LogP contribution in [0, 0.1) is 0 Å². The van der Waals surface area contributed by atoms with E-state index in [4.69, 9.17) is 0 Å². The number of hydrogen-bond acceptors (Lipinski definition) is 3. The van der Waals surface area contributed by atoms with Gasteiger partial charge in [-0.25, -0.2) is 4.79 Å². The number of anilines is 2. The molecule has 24 heavy (non-hydrogen) atoms. The molecular formula is C18H28N4O2. The van der Waals surface area contributed by atoms with Gasteiger partial charge in [-0.1, -0.05) is 0 Å². The zero-order chi connectivity index (χ0) is 17.5. The summed E-state index contributed by atoms with van der Waals surface area (Å²) in [4.78, 5) is 27.6. The predicted octanol–water partition coefficient (Wildman–Crippen LogP) is 2.35. The Morgan fingerprint density at radius 2 is 1.79 bits per heavy atom. The van der Waals surface area contributed by atoms with Crippen molar-refractivity contribution >= 4 is 23.3 Å². The highest BCUT2D eigenvalue weighted by molar-refractivity contribution is 5.91. The second kappa shape index (κ2) is 8.57. The molecule has 2 rings (SSSR count). The number of hydrogen-bond donors (Lipinski definition) is 2. The Morgan fingerprint density at radius 3 is 2.33 bits per heavy atom. The van der Waals surface area contributed by atoms with Crippen LogP contribution in [-0.4, -0.2) is 44.2 Å². The second-order valence-electron chi connectivity index (χ2n) is 6.44. The smallest absolute Gasteiger partial charge is 0.315 e. The first-order valence-electron chi connectivity index (χ1n) is 8.65. The fourth-order valence-corrected chi connectivity index (χ4v) is 2.88. The van der Waals surface area contributed by atoms with E-state index in [0.717, 1.165) is 18.8 Å². The highest BCUT2D eigenvalue weighted by atomic mass is 16.2. The van der Waals surface area contributed by atoms with Gasteiger partial charge in [0.25, 0.3) is 0 Å². The minimum Gasteiger partial charge on any atom is -0.372 e. The molecule has 1 fully saturated rings. The van der Waals surface area contributed by atoms with Crippen LogP contribution in [0.2, 0.25) is 0 Å². The van der Waals surface area contributed by atoms with E-state index in [1.165, 1.54) is 18.5 Å². The third-order valence-electron chi connectivity index (χ3n) is 4.05. The van der Waals surface area contributed by atoms with Crippen LogP contribution in [0.15, 0.2) is 24.3 Å². The van der Waals surface area contributed by atoms with Gasteiger partial charge in [0, 0.05) is 50.5 Å². The molecule has 0 spiro atoms. The predicted molar refractivity (Wildman–Crippen MR) is 97.6 cm³/mol. The van der Waals surface area contributed by atoms with Gasteiger partial charge >= 0.3 is 6.03 Å². The monoisotopic (exact) mass is 332 g/mol. The van der Waals surface area contributed by atoms with Crippen molar-refractivity contribution in [3.63, 3.8) is 0 Å². The van der Waals surface area contributed by atoms with Crippen LogP contribution >= 0.6 is 0 Å². The van der Waals surface area contributed by atoms with Crippen molar-refractivity contribution in [2.24, 2.45) is 0 Å². The number of benzene rings is 1. The third kappa shape index (κ3) is 5.15. The van der Waals surface area contributed by atoms with Crippen LogP contribution in [0.3, 0.4) is 0 Å². The van der Waals surface area contributed by atoms with Gasteiger partial charge in [-0.3, -0.25) is 4.79 Å². The van der Waals surface area contributed by atoms with Gasteiger partial charge < -0.3 is 20.4 Å². The van der Waals surface area contributed by atoms with E-state index in [2.05, 4.69) is 27.7 Å². The minimum absolute atomic E-state index is 0.0324. The van der Waals surface area contributed by atoms with Gasteiger partial charge in [0.1, 0.15) is 0 Å². The zero-order valence-corrected chi connectivity index (χ0v) is 14.8. The number of rotatable bonds is 6. The van der Waals surface area contributed by atoms with Gasteiger partial charge in [-0.2, -0.15) is 0 Å². The van der Waals surface area contributed by atoms with Crippen molar-refractivity contribution in [3.05, 3.63) is 24.3 Å². The van der Waals surface area contributed by atoms with E-state index < -0.39 is 0 Å². The number of nitrogens with zero attached hydrogens (tertiary/aromatic N) is 2. The number of nitrogens with one attached hydrogen (secondary N) is 2. The Labute approximate surface area is 144 Å². The summed E-state index contributed by atoms with van der Waals surface area (Å²) in [5.74, 6) is -0.0324. The molecule has 0 aliphatic carbocycles.